The van der Waals surface area contributed by atoms with Crippen molar-refractivity contribution in [3.63, 3.8) is 0 Å². The number of hydrogen-bond donors (Lipinski definition) is 2. The van der Waals surface area contributed by atoms with Gasteiger partial charge in [0.05, 0.1) is 6.04 Å². The number of carbonyl (C=O) groups is 2. The third-order valence-electron chi connectivity index (χ3n) is 8.43. The molecule has 0 bridgehead atoms. The van der Waals surface area contributed by atoms with Crippen molar-refractivity contribution in [2.24, 2.45) is 5.73 Å². The van der Waals surface area contributed by atoms with Gasteiger partial charge >= 0.3 is 0 Å². The number of rotatable bonds is 9. The maximum atomic E-state index is 14.2. The first-order valence-electron chi connectivity index (χ1n) is 14.4. The summed E-state index contributed by atoms with van der Waals surface area (Å²) in [6.45, 7) is 4.68. The molecule has 5 rings (SSSR count). The zero-order chi connectivity index (χ0) is 28.9. The number of hydrogen-bond acceptors (Lipinski definition) is 4. The number of nitrogens with zero attached hydrogens (tertiary/aromatic N) is 2. The number of amides is 2. The van der Waals surface area contributed by atoms with Gasteiger partial charge in [-0.05, 0) is 61.1 Å². The molecule has 0 saturated carbocycles. The van der Waals surface area contributed by atoms with Gasteiger partial charge in [0.15, 0.2) is 11.6 Å². The molecule has 216 valence electrons. The van der Waals surface area contributed by atoms with Crippen molar-refractivity contribution in [2.45, 2.75) is 56.1 Å². The lowest BCUT2D eigenvalue weighted by molar-refractivity contribution is -0.137. The highest BCUT2D eigenvalue weighted by atomic mass is 19.2. The fraction of sp³-hybridized carbons (Fsp3) is 0.394. The van der Waals surface area contributed by atoms with Gasteiger partial charge < -0.3 is 20.9 Å². The summed E-state index contributed by atoms with van der Waals surface area (Å²) in [5, 5.41) is 2.79. The number of nitrogens with two attached hydrogens (primary N) is 1. The average Bonchev–Trinajstić information content (AvgIpc) is 3.63. The van der Waals surface area contributed by atoms with Gasteiger partial charge in [-0.2, -0.15) is 0 Å². The van der Waals surface area contributed by atoms with Crippen molar-refractivity contribution < 1.29 is 18.4 Å². The standard InChI is InChI=1S/C33H38F2N4O2/c1-22(36)32(40)37-31(17-23-12-13-29(34)30(35)16-23)33(41)39-20-27(25-10-6-3-7-11-25)18-28(39)21-38-15-14-26(19-38)24-8-4-2-5-9-24/h2-13,16,22,26-28,31H,14-15,17-21,36H2,1H3,(H,37,40). The molecule has 2 amide bonds. The molecule has 5 unspecified atom stereocenters. The Kier molecular flexibility index (Phi) is 9.10. The monoisotopic (exact) mass is 560 g/mol. The molecule has 2 fully saturated rings. The second kappa shape index (κ2) is 12.9. The van der Waals surface area contributed by atoms with E-state index in [2.05, 4.69) is 46.6 Å². The number of benzene rings is 3. The Morgan fingerprint density at radius 1 is 0.927 bits per heavy atom. The molecule has 3 aromatic carbocycles. The van der Waals surface area contributed by atoms with E-state index >= 15 is 0 Å². The second-order valence-electron chi connectivity index (χ2n) is 11.4. The van der Waals surface area contributed by atoms with Gasteiger partial charge in [-0.3, -0.25) is 9.59 Å². The van der Waals surface area contributed by atoms with Crippen LogP contribution in [0.3, 0.4) is 0 Å². The summed E-state index contributed by atoms with van der Waals surface area (Å²) in [5.41, 5.74) is 8.75. The van der Waals surface area contributed by atoms with E-state index in [-0.39, 0.29) is 24.3 Å². The molecule has 2 aliphatic rings. The molecule has 41 heavy (non-hydrogen) atoms. The smallest absolute Gasteiger partial charge is 0.245 e. The Bertz CT molecular complexity index is 1340. The molecule has 0 spiro atoms. The maximum Gasteiger partial charge on any atom is 0.245 e. The molecule has 2 aliphatic heterocycles. The fourth-order valence-corrected chi connectivity index (χ4v) is 6.23. The summed E-state index contributed by atoms with van der Waals surface area (Å²) < 4.78 is 27.6. The zero-order valence-electron chi connectivity index (χ0n) is 23.4. The minimum absolute atomic E-state index is 0.0352. The van der Waals surface area contributed by atoms with Gasteiger partial charge in [0.2, 0.25) is 11.8 Å². The Hall–Kier alpha value is -3.62. The average molecular weight is 561 g/mol. The lowest BCUT2D eigenvalue weighted by atomic mass is 9.96. The van der Waals surface area contributed by atoms with Crippen molar-refractivity contribution in [1.29, 1.82) is 0 Å². The minimum atomic E-state index is -0.989. The van der Waals surface area contributed by atoms with Crippen molar-refractivity contribution in [2.75, 3.05) is 26.2 Å². The SMILES string of the molecule is CC(N)C(=O)NC(Cc1ccc(F)c(F)c1)C(=O)N1CC(c2ccccc2)CC1CN1CCC(c2ccccc2)C1. The van der Waals surface area contributed by atoms with Gasteiger partial charge in [-0.1, -0.05) is 66.7 Å². The van der Waals surface area contributed by atoms with Crippen LogP contribution >= 0.6 is 0 Å². The first-order valence-corrected chi connectivity index (χ1v) is 14.4. The van der Waals surface area contributed by atoms with E-state index < -0.39 is 29.6 Å². The normalized spacial score (nSPS) is 22.4. The van der Waals surface area contributed by atoms with E-state index in [1.54, 1.807) is 6.92 Å². The predicted octanol–water partition coefficient (Wildman–Crippen LogP) is 4.21. The van der Waals surface area contributed by atoms with Gasteiger partial charge in [-0.15, -0.1) is 0 Å². The molecule has 0 aliphatic carbocycles. The van der Waals surface area contributed by atoms with E-state index in [0.717, 1.165) is 44.6 Å². The van der Waals surface area contributed by atoms with Crippen molar-refractivity contribution in [3.05, 3.63) is 107 Å². The molecule has 8 heteroatoms. The predicted molar refractivity (Wildman–Crippen MR) is 155 cm³/mol. The molecule has 3 N–H and O–H groups in total. The van der Waals surface area contributed by atoms with Crippen molar-refractivity contribution in [3.8, 4) is 0 Å². The third-order valence-corrected chi connectivity index (χ3v) is 8.43. The summed E-state index contributed by atoms with van der Waals surface area (Å²) in [6, 6.07) is 22.4. The third kappa shape index (κ3) is 7.00. The number of halogens is 2. The molecule has 6 nitrogen and oxygen atoms in total. The van der Waals surface area contributed by atoms with Gasteiger partial charge in [0.25, 0.3) is 0 Å². The van der Waals surface area contributed by atoms with E-state index in [4.69, 9.17) is 5.73 Å². The van der Waals surface area contributed by atoms with E-state index in [0.29, 0.717) is 18.0 Å². The first-order chi connectivity index (χ1) is 19.8. The van der Waals surface area contributed by atoms with E-state index in [1.165, 1.54) is 17.2 Å². The van der Waals surface area contributed by atoms with Crippen LogP contribution in [0.2, 0.25) is 0 Å². The lowest BCUT2D eigenvalue weighted by Crippen LogP contribution is -2.55. The summed E-state index contributed by atoms with van der Waals surface area (Å²) in [6.07, 6.45) is 1.91. The van der Waals surface area contributed by atoms with Gasteiger partial charge in [-0.25, -0.2) is 8.78 Å². The van der Waals surface area contributed by atoms with Crippen LogP contribution < -0.4 is 11.1 Å². The van der Waals surface area contributed by atoms with Crippen LogP contribution in [0.15, 0.2) is 78.9 Å². The minimum Gasteiger partial charge on any atom is -0.343 e. The molecule has 0 radical (unpaired) electrons. The highest BCUT2D eigenvalue weighted by Gasteiger charge is 2.40. The molecule has 5 atom stereocenters. The Balaban J connectivity index is 1.37. The van der Waals surface area contributed by atoms with Crippen LogP contribution in [0, 0.1) is 11.6 Å². The Labute approximate surface area is 240 Å². The summed E-state index contributed by atoms with van der Waals surface area (Å²) in [5.74, 6) is -2.03. The van der Waals surface area contributed by atoms with Crippen LogP contribution in [0.1, 0.15) is 48.3 Å². The summed E-state index contributed by atoms with van der Waals surface area (Å²) in [4.78, 5) is 31.2. The van der Waals surface area contributed by atoms with Crippen LogP contribution in [-0.4, -0.2) is 65.9 Å². The van der Waals surface area contributed by atoms with Crippen molar-refractivity contribution in [1.82, 2.24) is 15.1 Å². The van der Waals surface area contributed by atoms with Crippen LogP contribution in [-0.2, 0) is 16.0 Å². The quantitative estimate of drug-likeness (QED) is 0.411. The number of carbonyl (C=O) groups excluding carboxylic acids is 2. The highest BCUT2D eigenvalue weighted by molar-refractivity contribution is 5.90. The van der Waals surface area contributed by atoms with E-state index in [9.17, 15) is 18.4 Å². The molecule has 2 heterocycles. The van der Waals surface area contributed by atoms with Gasteiger partial charge in [0.1, 0.15) is 6.04 Å². The highest BCUT2D eigenvalue weighted by Crippen LogP contribution is 2.35. The second-order valence-corrected chi connectivity index (χ2v) is 11.4. The largest absolute Gasteiger partial charge is 0.343 e. The molecular weight excluding hydrogens is 522 g/mol. The molecule has 0 aromatic heterocycles. The number of likely N-dealkylation sites (tertiary alicyclic amines) is 2. The molecule has 2 saturated heterocycles. The molecular formula is C33H38F2N4O2. The van der Waals surface area contributed by atoms with Gasteiger partial charge in [0, 0.05) is 38.0 Å². The Morgan fingerprint density at radius 2 is 1.59 bits per heavy atom. The zero-order valence-corrected chi connectivity index (χ0v) is 23.4. The fourth-order valence-electron chi connectivity index (χ4n) is 6.23. The van der Waals surface area contributed by atoms with Crippen LogP contribution in [0.25, 0.3) is 0 Å². The van der Waals surface area contributed by atoms with Crippen molar-refractivity contribution >= 4 is 11.8 Å². The van der Waals surface area contributed by atoms with Crippen LogP contribution in [0.4, 0.5) is 8.78 Å². The number of nitrogens with one attached hydrogen (secondary N) is 1. The van der Waals surface area contributed by atoms with E-state index in [1.807, 2.05) is 29.2 Å². The first kappa shape index (κ1) is 28.9. The van der Waals surface area contributed by atoms with Crippen LogP contribution in [0.5, 0.6) is 0 Å². The summed E-state index contributed by atoms with van der Waals surface area (Å²) in [7, 11) is 0. The molecule has 3 aromatic rings. The Morgan fingerprint density at radius 3 is 2.22 bits per heavy atom. The topological polar surface area (TPSA) is 78.7 Å². The maximum absolute atomic E-state index is 14.2. The summed E-state index contributed by atoms with van der Waals surface area (Å²) >= 11 is 0. The lowest BCUT2D eigenvalue weighted by Gasteiger charge is -2.32.